The quantitative estimate of drug-likeness (QED) is 0.833. The Kier molecular flexibility index (Phi) is 3.28. The van der Waals surface area contributed by atoms with Gasteiger partial charge >= 0.3 is 0 Å². The van der Waals surface area contributed by atoms with E-state index in [2.05, 4.69) is 6.92 Å². The lowest BCUT2D eigenvalue weighted by Crippen LogP contribution is -2.52. The molecule has 0 bridgehead atoms. The monoisotopic (exact) mass is 251 g/mol. The molecule has 0 saturated heterocycles. The van der Waals surface area contributed by atoms with Crippen molar-refractivity contribution in [1.29, 1.82) is 0 Å². The van der Waals surface area contributed by atoms with Crippen molar-refractivity contribution in [1.82, 2.24) is 0 Å². The second-order valence-electron chi connectivity index (χ2n) is 5.12. The van der Waals surface area contributed by atoms with Crippen LogP contribution in [0.4, 0.5) is 0 Å². The Labute approximate surface area is 107 Å². The molecule has 1 aromatic carbocycles. The van der Waals surface area contributed by atoms with Gasteiger partial charge in [0.1, 0.15) is 5.54 Å². The van der Waals surface area contributed by atoms with Gasteiger partial charge in [0, 0.05) is 10.9 Å². The molecule has 0 amide bonds. The highest BCUT2D eigenvalue weighted by atomic mass is 35.5. The predicted molar refractivity (Wildman–Crippen MR) is 69.9 cm³/mol. The zero-order valence-corrected chi connectivity index (χ0v) is 11.0. The third-order valence-electron chi connectivity index (χ3n) is 4.06. The highest BCUT2D eigenvalue weighted by Gasteiger charge is 2.44. The zero-order valence-electron chi connectivity index (χ0n) is 10.2. The van der Waals surface area contributed by atoms with Crippen molar-refractivity contribution in [3.8, 4) is 0 Å². The van der Waals surface area contributed by atoms with E-state index in [0.717, 1.165) is 12.0 Å². The lowest BCUT2D eigenvalue weighted by molar-refractivity contribution is -0.132. The van der Waals surface area contributed by atoms with Crippen molar-refractivity contribution < 1.29 is 4.79 Å². The Morgan fingerprint density at radius 2 is 2.00 bits per heavy atom. The molecular weight excluding hydrogens is 234 g/mol. The molecule has 3 atom stereocenters. The number of nitrogens with two attached hydrogens (primary N) is 1. The molecule has 1 aromatic rings. The van der Waals surface area contributed by atoms with E-state index < -0.39 is 5.54 Å². The van der Waals surface area contributed by atoms with Gasteiger partial charge in [-0.3, -0.25) is 4.79 Å². The van der Waals surface area contributed by atoms with E-state index in [4.69, 9.17) is 17.3 Å². The summed E-state index contributed by atoms with van der Waals surface area (Å²) in [5.74, 6) is 0.524. The smallest absolute Gasteiger partial charge is 0.160 e. The van der Waals surface area contributed by atoms with Gasteiger partial charge < -0.3 is 5.73 Å². The molecule has 2 nitrogen and oxygen atoms in total. The maximum atomic E-state index is 12.4. The van der Waals surface area contributed by atoms with Crippen LogP contribution in [0.1, 0.15) is 32.3 Å². The van der Waals surface area contributed by atoms with Crippen molar-refractivity contribution in [2.24, 2.45) is 17.6 Å². The summed E-state index contributed by atoms with van der Waals surface area (Å²) in [5.41, 5.74) is 6.21. The Morgan fingerprint density at radius 1 is 1.35 bits per heavy atom. The van der Waals surface area contributed by atoms with Crippen LogP contribution in [-0.4, -0.2) is 5.78 Å². The first-order chi connectivity index (χ1) is 7.97. The molecule has 0 aromatic heterocycles. The Morgan fingerprint density at radius 3 is 2.65 bits per heavy atom. The Hall–Kier alpha value is -0.860. The van der Waals surface area contributed by atoms with Gasteiger partial charge in [0.15, 0.2) is 5.78 Å². The van der Waals surface area contributed by atoms with Crippen LogP contribution in [0.2, 0.25) is 5.02 Å². The minimum Gasteiger partial charge on any atom is -0.315 e. The molecule has 0 heterocycles. The van der Waals surface area contributed by atoms with Crippen LogP contribution in [0.25, 0.3) is 0 Å². The van der Waals surface area contributed by atoms with E-state index in [1.54, 1.807) is 6.07 Å². The zero-order chi connectivity index (χ0) is 12.6. The third-order valence-corrected chi connectivity index (χ3v) is 4.38. The summed E-state index contributed by atoms with van der Waals surface area (Å²) in [6.45, 7) is 4.07. The normalized spacial score (nSPS) is 33.8. The molecule has 0 radical (unpaired) electrons. The molecule has 3 heteroatoms. The fraction of sp³-hybridized carbons (Fsp3) is 0.500. The van der Waals surface area contributed by atoms with Crippen molar-refractivity contribution in [3.05, 3.63) is 34.9 Å². The minimum atomic E-state index is -0.899. The molecule has 1 fully saturated rings. The van der Waals surface area contributed by atoms with Crippen molar-refractivity contribution in [2.75, 3.05) is 0 Å². The van der Waals surface area contributed by atoms with Gasteiger partial charge in [-0.25, -0.2) is 0 Å². The standard InChI is InChI=1S/C14H18ClNO/c1-9-7-8-14(16,13(17)10(9)2)11-5-3-4-6-12(11)15/h3-6,9-10H,7-8,16H2,1-2H3/t9-,10-,14-/m1/s1. The van der Waals surface area contributed by atoms with Crippen molar-refractivity contribution in [3.63, 3.8) is 0 Å². The second-order valence-corrected chi connectivity index (χ2v) is 5.53. The molecule has 2 N–H and O–H groups in total. The number of hydrogen-bond acceptors (Lipinski definition) is 2. The first kappa shape index (κ1) is 12.6. The maximum Gasteiger partial charge on any atom is 0.160 e. The molecule has 1 aliphatic rings. The van der Waals surface area contributed by atoms with Crippen LogP contribution in [0.5, 0.6) is 0 Å². The van der Waals surface area contributed by atoms with Crippen molar-refractivity contribution >= 4 is 17.4 Å². The van der Waals surface area contributed by atoms with Crippen LogP contribution in [0, 0.1) is 11.8 Å². The van der Waals surface area contributed by atoms with E-state index in [-0.39, 0.29) is 11.7 Å². The average molecular weight is 252 g/mol. The number of rotatable bonds is 1. The fourth-order valence-electron chi connectivity index (χ4n) is 2.58. The molecule has 92 valence electrons. The van der Waals surface area contributed by atoms with E-state index in [9.17, 15) is 4.79 Å². The molecule has 1 saturated carbocycles. The Balaban J connectivity index is 2.43. The molecule has 0 unspecified atom stereocenters. The predicted octanol–water partition coefficient (Wildman–Crippen LogP) is 3.13. The molecule has 17 heavy (non-hydrogen) atoms. The van der Waals surface area contributed by atoms with Gasteiger partial charge in [-0.15, -0.1) is 0 Å². The van der Waals surface area contributed by atoms with Gasteiger partial charge in [0.05, 0.1) is 0 Å². The van der Waals surface area contributed by atoms with Crippen LogP contribution in [-0.2, 0) is 10.3 Å². The second kappa shape index (κ2) is 4.43. The van der Waals surface area contributed by atoms with Gasteiger partial charge in [0.2, 0.25) is 0 Å². The van der Waals surface area contributed by atoms with Gasteiger partial charge in [0.25, 0.3) is 0 Å². The molecule has 1 aliphatic carbocycles. The third kappa shape index (κ3) is 2.00. The summed E-state index contributed by atoms with van der Waals surface area (Å²) in [6.07, 6.45) is 1.65. The van der Waals surface area contributed by atoms with Gasteiger partial charge in [-0.1, -0.05) is 43.6 Å². The molecule has 2 rings (SSSR count). The lowest BCUT2D eigenvalue weighted by Gasteiger charge is -2.39. The summed E-state index contributed by atoms with van der Waals surface area (Å²) in [4.78, 5) is 12.4. The van der Waals surface area contributed by atoms with E-state index in [0.29, 0.717) is 17.4 Å². The summed E-state index contributed by atoms with van der Waals surface area (Å²) >= 11 is 6.16. The number of ketones is 1. The van der Waals surface area contributed by atoms with Crippen LogP contribution in [0.3, 0.4) is 0 Å². The largest absolute Gasteiger partial charge is 0.315 e. The van der Waals surface area contributed by atoms with Crippen LogP contribution in [0.15, 0.2) is 24.3 Å². The first-order valence-corrected chi connectivity index (χ1v) is 6.43. The molecule has 0 aliphatic heterocycles. The van der Waals surface area contributed by atoms with Crippen LogP contribution < -0.4 is 5.73 Å². The van der Waals surface area contributed by atoms with Gasteiger partial charge in [-0.05, 0) is 30.4 Å². The average Bonchev–Trinajstić information content (AvgIpc) is 2.32. The lowest BCUT2D eigenvalue weighted by atomic mass is 9.68. The highest BCUT2D eigenvalue weighted by molar-refractivity contribution is 6.31. The topological polar surface area (TPSA) is 43.1 Å². The SMILES string of the molecule is C[C@@H]1CC[C@@](N)(c2ccccc2Cl)C(=O)[C@@H]1C. The highest BCUT2D eigenvalue weighted by Crippen LogP contribution is 2.40. The van der Waals surface area contributed by atoms with E-state index in [1.165, 1.54) is 0 Å². The van der Waals surface area contributed by atoms with Gasteiger partial charge in [-0.2, -0.15) is 0 Å². The fourth-order valence-corrected chi connectivity index (χ4v) is 2.89. The van der Waals surface area contributed by atoms with E-state index in [1.807, 2.05) is 25.1 Å². The number of halogens is 1. The summed E-state index contributed by atoms with van der Waals surface area (Å²) in [5, 5.41) is 0.588. The van der Waals surface area contributed by atoms with Crippen LogP contribution >= 0.6 is 11.6 Å². The number of Topliss-reactive ketones (excluding diaryl/α,β-unsaturated/α-hetero) is 1. The minimum absolute atomic E-state index is 0.00465. The first-order valence-electron chi connectivity index (χ1n) is 6.05. The molecule has 0 spiro atoms. The van der Waals surface area contributed by atoms with Crippen molar-refractivity contribution in [2.45, 2.75) is 32.2 Å². The number of hydrogen-bond donors (Lipinski definition) is 1. The number of benzene rings is 1. The summed E-state index contributed by atoms with van der Waals surface area (Å²) in [7, 11) is 0. The summed E-state index contributed by atoms with van der Waals surface area (Å²) in [6, 6.07) is 7.39. The Bertz CT molecular complexity index is 446. The number of carbonyl (C=O) groups excluding carboxylic acids is 1. The maximum absolute atomic E-state index is 12.4. The number of carbonyl (C=O) groups is 1. The summed E-state index contributed by atoms with van der Waals surface area (Å²) < 4.78 is 0. The molecular formula is C14H18ClNO. The van der Waals surface area contributed by atoms with E-state index >= 15 is 0 Å².